The standard InChI is InChI=1S/C14H18O4/c1-8(2)11-6-13-12(17-7-18-13)5-10(11)4-9(3)14(15)16/h5-6,8-9H,4,7H2,1-3H3,(H,15,16). The number of carbonyl (C=O) groups is 1. The lowest BCUT2D eigenvalue weighted by Crippen LogP contribution is -2.13. The highest BCUT2D eigenvalue weighted by atomic mass is 16.7. The number of fused-ring (bicyclic) bond motifs is 1. The molecule has 0 aromatic heterocycles. The average Bonchev–Trinajstić information content (AvgIpc) is 2.74. The summed E-state index contributed by atoms with van der Waals surface area (Å²) in [6, 6.07) is 3.88. The number of hydrogen-bond donors (Lipinski definition) is 1. The second-order valence-corrected chi connectivity index (χ2v) is 5.00. The van der Waals surface area contributed by atoms with Gasteiger partial charge in [0.2, 0.25) is 6.79 Å². The zero-order chi connectivity index (χ0) is 13.3. The molecule has 0 saturated heterocycles. The molecule has 1 atom stereocenters. The Morgan fingerprint density at radius 3 is 2.44 bits per heavy atom. The molecule has 4 heteroatoms. The highest BCUT2D eigenvalue weighted by Crippen LogP contribution is 2.37. The molecule has 98 valence electrons. The molecule has 1 N–H and O–H groups in total. The Labute approximate surface area is 107 Å². The van der Waals surface area contributed by atoms with Gasteiger partial charge in [0.15, 0.2) is 11.5 Å². The van der Waals surface area contributed by atoms with Gasteiger partial charge in [0.1, 0.15) is 0 Å². The molecule has 1 aliphatic heterocycles. The highest BCUT2D eigenvalue weighted by molar-refractivity contribution is 5.70. The summed E-state index contributed by atoms with van der Waals surface area (Å²) in [5.74, 6) is 0.623. The second kappa shape index (κ2) is 4.88. The Morgan fingerprint density at radius 2 is 1.89 bits per heavy atom. The normalized spacial score (nSPS) is 14.9. The number of aliphatic carboxylic acids is 1. The third-order valence-electron chi connectivity index (χ3n) is 3.20. The predicted octanol–water partition coefficient (Wildman–Crippen LogP) is 2.80. The molecule has 1 unspecified atom stereocenters. The van der Waals surface area contributed by atoms with E-state index in [1.54, 1.807) is 6.92 Å². The summed E-state index contributed by atoms with van der Waals surface area (Å²) < 4.78 is 10.7. The van der Waals surface area contributed by atoms with Crippen LogP contribution in [-0.4, -0.2) is 17.9 Å². The third kappa shape index (κ3) is 2.42. The molecular formula is C14H18O4. The minimum atomic E-state index is -0.776. The first-order valence-electron chi connectivity index (χ1n) is 6.14. The van der Waals surface area contributed by atoms with Crippen molar-refractivity contribution in [2.24, 2.45) is 5.92 Å². The minimum Gasteiger partial charge on any atom is -0.481 e. The van der Waals surface area contributed by atoms with E-state index in [9.17, 15) is 4.79 Å². The summed E-state index contributed by atoms with van der Waals surface area (Å²) in [7, 11) is 0. The lowest BCUT2D eigenvalue weighted by atomic mass is 9.91. The van der Waals surface area contributed by atoms with Gasteiger partial charge in [-0.15, -0.1) is 0 Å². The van der Waals surface area contributed by atoms with Crippen LogP contribution in [0.15, 0.2) is 12.1 Å². The van der Waals surface area contributed by atoms with Crippen molar-refractivity contribution in [1.82, 2.24) is 0 Å². The van der Waals surface area contributed by atoms with E-state index in [0.717, 1.165) is 16.9 Å². The maximum Gasteiger partial charge on any atom is 0.306 e. The van der Waals surface area contributed by atoms with Crippen LogP contribution in [0.3, 0.4) is 0 Å². The van der Waals surface area contributed by atoms with Gasteiger partial charge in [-0.3, -0.25) is 4.79 Å². The predicted molar refractivity (Wildman–Crippen MR) is 67.2 cm³/mol. The van der Waals surface area contributed by atoms with Crippen LogP contribution in [0.25, 0.3) is 0 Å². The minimum absolute atomic E-state index is 0.241. The number of ether oxygens (including phenoxy) is 2. The molecule has 1 aromatic carbocycles. The van der Waals surface area contributed by atoms with Crippen LogP contribution in [0.4, 0.5) is 0 Å². The van der Waals surface area contributed by atoms with Crippen molar-refractivity contribution in [2.75, 3.05) is 6.79 Å². The first kappa shape index (κ1) is 12.7. The molecule has 0 saturated carbocycles. The average molecular weight is 250 g/mol. The fourth-order valence-corrected chi connectivity index (χ4v) is 2.13. The van der Waals surface area contributed by atoms with Gasteiger partial charge in [-0.1, -0.05) is 20.8 Å². The Morgan fingerprint density at radius 1 is 1.28 bits per heavy atom. The van der Waals surface area contributed by atoms with Gasteiger partial charge in [-0.25, -0.2) is 0 Å². The Bertz CT molecular complexity index is 465. The number of rotatable bonds is 4. The Hall–Kier alpha value is -1.71. The fraction of sp³-hybridized carbons (Fsp3) is 0.500. The molecule has 1 aromatic rings. The smallest absolute Gasteiger partial charge is 0.306 e. The van der Waals surface area contributed by atoms with Crippen molar-refractivity contribution in [3.8, 4) is 11.5 Å². The van der Waals surface area contributed by atoms with E-state index in [0.29, 0.717) is 18.1 Å². The molecule has 0 spiro atoms. The maximum atomic E-state index is 11.0. The molecule has 18 heavy (non-hydrogen) atoms. The molecule has 1 heterocycles. The van der Waals surface area contributed by atoms with E-state index < -0.39 is 11.9 Å². The van der Waals surface area contributed by atoms with E-state index in [1.165, 1.54) is 0 Å². The summed E-state index contributed by atoms with van der Waals surface area (Å²) in [5, 5.41) is 9.01. The largest absolute Gasteiger partial charge is 0.481 e. The monoisotopic (exact) mass is 250 g/mol. The van der Waals surface area contributed by atoms with Gasteiger partial charge in [-0.2, -0.15) is 0 Å². The van der Waals surface area contributed by atoms with Gasteiger partial charge in [0, 0.05) is 0 Å². The van der Waals surface area contributed by atoms with Crippen molar-refractivity contribution in [1.29, 1.82) is 0 Å². The molecule has 4 nitrogen and oxygen atoms in total. The number of hydrogen-bond acceptors (Lipinski definition) is 3. The van der Waals surface area contributed by atoms with Gasteiger partial charge >= 0.3 is 5.97 Å². The van der Waals surface area contributed by atoms with Crippen LogP contribution < -0.4 is 9.47 Å². The zero-order valence-electron chi connectivity index (χ0n) is 10.9. The molecule has 2 rings (SSSR count). The summed E-state index contributed by atoms with van der Waals surface area (Å²) in [6.07, 6.45) is 0.513. The van der Waals surface area contributed by atoms with Crippen LogP contribution in [0.1, 0.15) is 37.8 Å². The van der Waals surface area contributed by atoms with E-state index in [1.807, 2.05) is 12.1 Å². The van der Waals surface area contributed by atoms with Crippen molar-refractivity contribution < 1.29 is 19.4 Å². The Balaban J connectivity index is 2.35. The van der Waals surface area contributed by atoms with Crippen LogP contribution in [0.2, 0.25) is 0 Å². The van der Waals surface area contributed by atoms with Gasteiger partial charge in [-0.05, 0) is 35.6 Å². The van der Waals surface area contributed by atoms with Gasteiger partial charge < -0.3 is 14.6 Å². The lowest BCUT2D eigenvalue weighted by molar-refractivity contribution is -0.141. The molecule has 0 fully saturated rings. The number of carboxylic acid groups (broad SMARTS) is 1. The maximum absolute atomic E-state index is 11.0. The Kier molecular flexibility index (Phi) is 3.45. The first-order valence-corrected chi connectivity index (χ1v) is 6.14. The summed E-state index contributed by atoms with van der Waals surface area (Å²) in [4.78, 5) is 11.0. The van der Waals surface area contributed by atoms with Gasteiger partial charge in [0.05, 0.1) is 5.92 Å². The fourth-order valence-electron chi connectivity index (χ4n) is 2.13. The van der Waals surface area contributed by atoms with Crippen molar-refractivity contribution in [3.05, 3.63) is 23.3 Å². The van der Waals surface area contributed by atoms with Crippen molar-refractivity contribution in [3.63, 3.8) is 0 Å². The van der Waals surface area contributed by atoms with Crippen molar-refractivity contribution >= 4 is 5.97 Å². The SMILES string of the molecule is CC(Cc1cc2c(cc1C(C)C)OCO2)C(=O)O. The zero-order valence-corrected chi connectivity index (χ0v) is 10.9. The van der Waals surface area contributed by atoms with E-state index in [2.05, 4.69) is 13.8 Å². The second-order valence-electron chi connectivity index (χ2n) is 5.00. The van der Waals surface area contributed by atoms with E-state index >= 15 is 0 Å². The highest BCUT2D eigenvalue weighted by Gasteiger charge is 2.21. The summed E-state index contributed by atoms with van der Waals surface area (Å²) >= 11 is 0. The summed E-state index contributed by atoms with van der Waals surface area (Å²) in [6.45, 7) is 6.14. The quantitative estimate of drug-likeness (QED) is 0.892. The van der Waals surface area contributed by atoms with Crippen LogP contribution in [-0.2, 0) is 11.2 Å². The first-order chi connectivity index (χ1) is 8.49. The molecule has 0 amide bonds. The molecular weight excluding hydrogens is 232 g/mol. The number of benzene rings is 1. The van der Waals surface area contributed by atoms with E-state index in [4.69, 9.17) is 14.6 Å². The topological polar surface area (TPSA) is 55.8 Å². The number of carboxylic acids is 1. The van der Waals surface area contributed by atoms with Crippen LogP contribution >= 0.6 is 0 Å². The summed E-state index contributed by atoms with van der Waals surface area (Å²) in [5.41, 5.74) is 2.16. The van der Waals surface area contributed by atoms with Crippen LogP contribution in [0.5, 0.6) is 11.5 Å². The van der Waals surface area contributed by atoms with Crippen molar-refractivity contribution in [2.45, 2.75) is 33.1 Å². The molecule has 0 radical (unpaired) electrons. The molecule has 0 aliphatic carbocycles. The molecule has 0 bridgehead atoms. The van der Waals surface area contributed by atoms with Gasteiger partial charge in [0.25, 0.3) is 0 Å². The third-order valence-corrected chi connectivity index (χ3v) is 3.20. The van der Waals surface area contributed by atoms with Crippen LogP contribution in [0, 0.1) is 5.92 Å². The molecule has 1 aliphatic rings. The lowest BCUT2D eigenvalue weighted by Gasteiger charge is -2.15. The van der Waals surface area contributed by atoms with E-state index in [-0.39, 0.29) is 6.79 Å².